The van der Waals surface area contributed by atoms with Crippen LogP contribution in [0.25, 0.3) is 48.6 Å². The van der Waals surface area contributed by atoms with E-state index in [2.05, 4.69) is 64.1 Å². The Morgan fingerprint density at radius 1 is 0.595 bits per heavy atom. The van der Waals surface area contributed by atoms with Crippen LogP contribution in [0.3, 0.4) is 0 Å². The Hall–Kier alpha value is -4.74. The molecule has 4 nitrogen and oxygen atoms in total. The monoisotopic (exact) mass is 495 g/mol. The maximum atomic E-state index is 6.24. The van der Waals surface area contributed by atoms with Crippen molar-refractivity contribution in [1.29, 1.82) is 0 Å². The Morgan fingerprint density at radius 2 is 1.24 bits per heavy atom. The van der Waals surface area contributed by atoms with E-state index < -0.39 is 0 Å². The Balaban J connectivity index is 1.22. The van der Waals surface area contributed by atoms with Crippen molar-refractivity contribution in [2.45, 2.75) is 0 Å². The van der Waals surface area contributed by atoms with Crippen molar-refractivity contribution in [2.75, 3.05) is 0 Å². The van der Waals surface area contributed by atoms with Gasteiger partial charge in [0.1, 0.15) is 21.5 Å². The van der Waals surface area contributed by atoms with Crippen LogP contribution in [-0.4, -0.2) is 14.5 Å². The molecule has 0 bridgehead atoms. The normalized spacial score (nSPS) is 11.2. The zero-order valence-electron chi connectivity index (χ0n) is 19.8. The number of thiazole rings is 1. The van der Waals surface area contributed by atoms with E-state index in [1.165, 1.54) is 21.8 Å². The van der Waals surface area contributed by atoms with Gasteiger partial charge in [0.25, 0.3) is 0 Å². The summed E-state index contributed by atoms with van der Waals surface area (Å²) in [5, 5.41) is 4.53. The van der Waals surface area contributed by atoms with Crippen LogP contribution in [-0.2, 0) is 0 Å². The van der Waals surface area contributed by atoms with Crippen LogP contribution in [0.5, 0.6) is 11.5 Å². The highest BCUT2D eigenvalue weighted by atomic mass is 32.1. The third-order valence-electron chi connectivity index (χ3n) is 6.41. The van der Waals surface area contributed by atoms with Gasteiger partial charge in [-0.25, -0.2) is 4.98 Å². The molecule has 0 fully saturated rings. The van der Waals surface area contributed by atoms with E-state index in [9.17, 15) is 0 Å². The van der Waals surface area contributed by atoms with Crippen molar-refractivity contribution in [3.63, 3.8) is 0 Å². The van der Waals surface area contributed by atoms with Crippen LogP contribution in [0.2, 0.25) is 0 Å². The molecular formula is C32H21N3OS. The van der Waals surface area contributed by atoms with Gasteiger partial charge >= 0.3 is 0 Å². The maximum absolute atomic E-state index is 6.24. The second-order valence-corrected chi connectivity index (χ2v) is 9.76. The zero-order valence-corrected chi connectivity index (χ0v) is 20.6. The summed E-state index contributed by atoms with van der Waals surface area (Å²) in [5.41, 5.74) is 5.33. The van der Waals surface area contributed by atoms with E-state index >= 15 is 0 Å². The molecule has 0 unspecified atom stereocenters. The largest absolute Gasteiger partial charge is 0.457 e. The SMILES string of the molecule is c1ccc(-c2cccc(Oc3cccc(-c4ncc(-n5c6ccccc6c6ccccc65)s4)c3)c2)nc1. The fourth-order valence-corrected chi connectivity index (χ4v) is 5.69. The molecule has 0 aliphatic rings. The lowest BCUT2D eigenvalue weighted by Gasteiger charge is -2.08. The standard InChI is InChI=1S/C32H21N3OS/c1-3-16-29-26(13-1)27-14-2-4-17-30(27)35(29)31-21-34-32(37-31)23-10-8-12-25(20-23)36-24-11-7-9-22(19-24)28-15-5-6-18-33-28/h1-21H. The maximum Gasteiger partial charge on any atom is 0.128 e. The average Bonchev–Trinajstić information content (AvgIpc) is 3.57. The van der Waals surface area contributed by atoms with Gasteiger partial charge in [-0.05, 0) is 48.5 Å². The number of rotatable bonds is 5. The van der Waals surface area contributed by atoms with Crippen LogP contribution in [0, 0.1) is 0 Å². The number of ether oxygens (including phenoxy) is 1. The third kappa shape index (κ3) is 3.96. The van der Waals surface area contributed by atoms with E-state index in [0.717, 1.165) is 38.3 Å². The molecule has 0 spiro atoms. The molecule has 0 N–H and O–H groups in total. The Labute approximate surface area is 218 Å². The molecule has 0 atom stereocenters. The summed E-state index contributed by atoms with van der Waals surface area (Å²) in [6, 6.07) is 39.1. The van der Waals surface area contributed by atoms with Crippen LogP contribution < -0.4 is 4.74 Å². The van der Waals surface area contributed by atoms with Gasteiger partial charge in [-0.3, -0.25) is 9.55 Å². The quantitative estimate of drug-likeness (QED) is 0.240. The molecule has 3 aromatic heterocycles. The highest BCUT2D eigenvalue weighted by Crippen LogP contribution is 2.37. The lowest BCUT2D eigenvalue weighted by atomic mass is 10.1. The lowest BCUT2D eigenvalue weighted by molar-refractivity contribution is 0.483. The number of fused-ring (bicyclic) bond motifs is 3. The first-order valence-corrected chi connectivity index (χ1v) is 12.9. The molecule has 7 aromatic rings. The highest BCUT2D eigenvalue weighted by molar-refractivity contribution is 7.17. The summed E-state index contributed by atoms with van der Waals surface area (Å²) in [4.78, 5) is 9.24. The molecule has 3 heterocycles. The first kappa shape index (κ1) is 21.5. The van der Waals surface area contributed by atoms with Gasteiger partial charge < -0.3 is 4.74 Å². The molecule has 37 heavy (non-hydrogen) atoms. The predicted molar refractivity (Wildman–Crippen MR) is 152 cm³/mol. The van der Waals surface area contributed by atoms with Gasteiger partial charge in [0.2, 0.25) is 0 Å². The number of hydrogen-bond donors (Lipinski definition) is 0. The first-order valence-electron chi connectivity index (χ1n) is 12.1. The predicted octanol–water partition coefficient (Wildman–Crippen LogP) is 8.76. The molecule has 7 rings (SSSR count). The number of nitrogens with zero attached hydrogens (tertiary/aromatic N) is 3. The molecule has 4 aromatic carbocycles. The van der Waals surface area contributed by atoms with Crippen LogP contribution >= 0.6 is 11.3 Å². The number of aromatic nitrogens is 3. The molecule has 0 amide bonds. The summed E-state index contributed by atoms with van der Waals surface area (Å²) < 4.78 is 8.54. The smallest absolute Gasteiger partial charge is 0.128 e. The molecule has 5 heteroatoms. The minimum atomic E-state index is 0.768. The van der Waals surface area contributed by atoms with Crippen molar-refractivity contribution in [3.8, 4) is 38.3 Å². The van der Waals surface area contributed by atoms with E-state index in [4.69, 9.17) is 9.72 Å². The Bertz CT molecular complexity index is 1820. The minimum absolute atomic E-state index is 0.768. The van der Waals surface area contributed by atoms with E-state index in [-0.39, 0.29) is 0 Å². The number of pyridine rings is 1. The topological polar surface area (TPSA) is 39.9 Å². The van der Waals surface area contributed by atoms with Crippen molar-refractivity contribution in [3.05, 3.63) is 128 Å². The Kier molecular flexibility index (Phi) is 5.26. The van der Waals surface area contributed by atoms with E-state index in [1.54, 1.807) is 17.5 Å². The summed E-state index contributed by atoms with van der Waals surface area (Å²) in [6.07, 6.45) is 3.76. The average molecular weight is 496 g/mol. The first-order chi connectivity index (χ1) is 18.3. The molecule has 176 valence electrons. The van der Waals surface area contributed by atoms with Gasteiger partial charge in [-0.2, -0.15) is 0 Å². The summed E-state index contributed by atoms with van der Waals surface area (Å²) in [6.45, 7) is 0. The second-order valence-electron chi connectivity index (χ2n) is 8.75. The molecule has 0 aliphatic heterocycles. The fourth-order valence-electron chi connectivity index (χ4n) is 4.74. The fraction of sp³-hybridized carbons (Fsp3) is 0. The van der Waals surface area contributed by atoms with Crippen molar-refractivity contribution in [1.82, 2.24) is 14.5 Å². The van der Waals surface area contributed by atoms with Gasteiger partial charge in [0, 0.05) is 28.1 Å². The van der Waals surface area contributed by atoms with Crippen LogP contribution in [0.1, 0.15) is 0 Å². The van der Waals surface area contributed by atoms with E-state index in [0.29, 0.717) is 0 Å². The summed E-state index contributed by atoms with van der Waals surface area (Å²) in [7, 11) is 0. The van der Waals surface area contributed by atoms with Gasteiger partial charge in [-0.15, -0.1) is 0 Å². The molecular weight excluding hydrogens is 474 g/mol. The molecule has 0 saturated carbocycles. The minimum Gasteiger partial charge on any atom is -0.457 e. The number of para-hydroxylation sites is 2. The molecule has 0 saturated heterocycles. The van der Waals surface area contributed by atoms with Crippen LogP contribution in [0.4, 0.5) is 0 Å². The lowest BCUT2D eigenvalue weighted by Crippen LogP contribution is -1.89. The Morgan fingerprint density at radius 3 is 1.95 bits per heavy atom. The van der Waals surface area contributed by atoms with Gasteiger partial charge in [-0.1, -0.05) is 78.1 Å². The van der Waals surface area contributed by atoms with E-state index in [1.807, 2.05) is 66.9 Å². The molecule has 0 aliphatic carbocycles. The highest BCUT2D eigenvalue weighted by Gasteiger charge is 2.14. The van der Waals surface area contributed by atoms with Crippen LogP contribution in [0.15, 0.2) is 128 Å². The third-order valence-corrected chi connectivity index (χ3v) is 7.44. The second kappa shape index (κ2) is 9.04. The van der Waals surface area contributed by atoms with Gasteiger partial charge in [0.15, 0.2) is 0 Å². The zero-order chi connectivity index (χ0) is 24.6. The number of benzene rings is 4. The van der Waals surface area contributed by atoms with Gasteiger partial charge in [0.05, 0.1) is 22.9 Å². The van der Waals surface area contributed by atoms with Crippen molar-refractivity contribution >= 4 is 33.1 Å². The molecule has 0 radical (unpaired) electrons. The number of hydrogen-bond acceptors (Lipinski definition) is 4. The summed E-state index contributed by atoms with van der Waals surface area (Å²) in [5.74, 6) is 1.54. The van der Waals surface area contributed by atoms with Crippen molar-refractivity contribution in [2.24, 2.45) is 0 Å². The summed E-state index contributed by atoms with van der Waals surface area (Å²) >= 11 is 1.68. The van der Waals surface area contributed by atoms with Crippen molar-refractivity contribution < 1.29 is 4.74 Å².